The molecule has 1 N–H and O–H groups in total. The van der Waals surface area contributed by atoms with E-state index in [9.17, 15) is 4.79 Å². The van der Waals surface area contributed by atoms with Gasteiger partial charge in [0.2, 0.25) is 0 Å². The Morgan fingerprint density at radius 2 is 2.38 bits per heavy atom. The number of thiophene rings is 1. The molecule has 0 saturated carbocycles. The highest BCUT2D eigenvalue weighted by Crippen LogP contribution is 2.22. The molecule has 0 amide bonds. The van der Waals surface area contributed by atoms with E-state index in [-0.39, 0.29) is 5.56 Å². The standard InChI is InChI=1S/C8H5N3OS/c12-8-6-3-7-5(1-2-13-7)11(6)4-9-10-8/h1-4H,(H,10,12). The first-order chi connectivity index (χ1) is 6.36. The molecule has 3 aromatic rings. The molecular weight excluding hydrogens is 186 g/mol. The summed E-state index contributed by atoms with van der Waals surface area (Å²) in [6.07, 6.45) is 1.62. The third kappa shape index (κ3) is 0.790. The Morgan fingerprint density at radius 1 is 1.46 bits per heavy atom. The quantitative estimate of drug-likeness (QED) is 0.581. The number of H-pyrrole nitrogens is 1. The van der Waals surface area contributed by atoms with E-state index in [4.69, 9.17) is 0 Å². The Labute approximate surface area is 76.4 Å². The highest BCUT2D eigenvalue weighted by Gasteiger charge is 2.05. The topological polar surface area (TPSA) is 50.2 Å². The van der Waals surface area contributed by atoms with E-state index in [0.29, 0.717) is 5.52 Å². The fraction of sp³-hybridized carbons (Fsp3) is 0. The maximum atomic E-state index is 11.3. The zero-order chi connectivity index (χ0) is 8.84. The van der Waals surface area contributed by atoms with Gasteiger partial charge in [-0.1, -0.05) is 0 Å². The number of nitrogens with one attached hydrogen (secondary N) is 1. The van der Waals surface area contributed by atoms with Gasteiger partial charge in [-0.05, 0) is 17.5 Å². The van der Waals surface area contributed by atoms with Crippen LogP contribution in [0.4, 0.5) is 0 Å². The number of fused-ring (bicyclic) bond motifs is 3. The molecule has 0 fully saturated rings. The molecule has 0 bridgehead atoms. The second kappa shape index (κ2) is 2.20. The summed E-state index contributed by atoms with van der Waals surface area (Å²) in [5.41, 5.74) is 1.54. The van der Waals surface area contributed by atoms with Crippen LogP contribution in [0.3, 0.4) is 0 Å². The molecule has 0 aliphatic heterocycles. The van der Waals surface area contributed by atoms with Gasteiger partial charge in [-0.2, -0.15) is 5.10 Å². The molecule has 5 heteroatoms. The van der Waals surface area contributed by atoms with Gasteiger partial charge in [0, 0.05) is 0 Å². The van der Waals surface area contributed by atoms with Gasteiger partial charge < -0.3 is 0 Å². The van der Waals surface area contributed by atoms with Gasteiger partial charge in [0.15, 0.2) is 0 Å². The number of aromatic nitrogens is 3. The summed E-state index contributed by atoms with van der Waals surface area (Å²) in [6, 6.07) is 3.86. The summed E-state index contributed by atoms with van der Waals surface area (Å²) in [4.78, 5) is 11.3. The Hall–Kier alpha value is -1.62. The van der Waals surface area contributed by atoms with E-state index in [1.165, 1.54) is 0 Å². The molecule has 13 heavy (non-hydrogen) atoms. The molecule has 0 atom stereocenters. The summed E-state index contributed by atoms with van der Waals surface area (Å²) < 4.78 is 2.91. The molecule has 3 aromatic heterocycles. The van der Waals surface area contributed by atoms with Crippen molar-refractivity contribution in [2.75, 3.05) is 0 Å². The first-order valence-electron chi connectivity index (χ1n) is 3.78. The van der Waals surface area contributed by atoms with Crippen molar-refractivity contribution in [3.8, 4) is 0 Å². The zero-order valence-electron chi connectivity index (χ0n) is 6.52. The third-order valence-electron chi connectivity index (χ3n) is 2.03. The lowest BCUT2D eigenvalue weighted by Gasteiger charge is -1.90. The van der Waals surface area contributed by atoms with Crippen molar-refractivity contribution in [2.24, 2.45) is 0 Å². The SMILES string of the molecule is O=c1[nH]ncn2c1cc1sccc12. The van der Waals surface area contributed by atoms with Crippen LogP contribution in [0.25, 0.3) is 15.7 Å². The number of nitrogens with zero attached hydrogens (tertiary/aromatic N) is 2. The van der Waals surface area contributed by atoms with E-state index in [1.807, 2.05) is 17.5 Å². The number of aromatic amines is 1. The zero-order valence-corrected chi connectivity index (χ0v) is 7.34. The van der Waals surface area contributed by atoms with Crippen LogP contribution in [0.2, 0.25) is 0 Å². The van der Waals surface area contributed by atoms with E-state index < -0.39 is 0 Å². The van der Waals surface area contributed by atoms with Crippen molar-refractivity contribution in [3.63, 3.8) is 0 Å². The molecule has 0 aliphatic carbocycles. The van der Waals surface area contributed by atoms with Crippen molar-refractivity contribution in [1.82, 2.24) is 14.6 Å². The molecule has 64 valence electrons. The average molecular weight is 191 g/mol. The van der Waals surface area contributed by atoms with E-state index >= 15 is 0 Å². The molecule has 0 saturated heterocycles. The molecule has 0 aromatic carbocycles. The largest absolute Gasteiger partial charge is 0.293 e. The van der Waals surface area contributed by atoms with Crippen molar-refractivity contribution in [2.45, 2.75) is 0 Å². The normalized spacial score (nSPS) is 11.4. The van der Waals surface area contributed by atoms with Gasteiger partial charge in [0.25, 0.3) is 5.56 Å². The van der Waals surface area contributed by atoms with E-state index in [1.54, 1.807) is 22.1 Å². The molecular formula is C8H5N3OS. The fourth-order valence-electron chi connectivity index (χ4n) is 1.45. The Balaban J connectivity index is 2.74. The summed E-state index contributed by atoms with van der Waals surface area (Å²) in [7, 11) is 0. The first kappa shape index (κ1) is 6.85. The smallest absolute Gasteiger partial charge is 0.288 e. The second-order valence-electron chi connectivity index (χ2n) is 2.76. The first-order valence-corrected chi connectivity index (χ1v) is 4.66. The van der Waals surface area contributed by atoms with Crippen molar-refractivity contribution < 1.29 is 0 Å². The summed E-state index contributed by atoms with van der Waals surface area (Å²) >= 11 is 1.62. The minimum absolute atomic E-state index is 0.147. The predicted octanol–water partition coefficient (Wildman–Crippen LogP) is 1.24. The Morgan fingerprint density at radius 3 is 3.31 bits per heavy atom. The third-order valence-corrected chi connectivity index (χ3v) is 2.89. The van der Waals surface area contributed by atoms with Crippen molar-refractivity contribution in [3.05, 3.63) is 34.2 Å². The van der Waals surface area contributed by atoms with Gasteiger partial charge >= 0.3 is 0 Å². The lowest BCUT2D eigenvalue weighted by molar-refractivity contribution is 0.931. The van der Waals surface area contributed by atoms with Gasteiger partial charge in [-0.25, -0.2) is 5.10 Å². The van der Waals surface area contributed by atoms with Crippen LogP contribution < -0.4 is 5.56 Å². The van der Waals surface area contributed by atoms with Crippen LogP contribution in [0.5, 0.6) is 0 Å². The van der Waals surface area contributed by atoms with Crippen molar-refractivity contribution >= 4 is 27.1 Å². The summed E-state index contributed by atoms with van der Waals surface area (Å²) in [6.45, 7) is 0. The number of hydrogen-bond acceptors (Lipinski definition) is 3. The molecule has 3 heterocycles. The van der Waals surface area contributed by atoms with Crippen molar-refractivity contribution in [1.29, 1.82) is 0 Å². The van der Waals surface area contributed by atoms with Crippen LogP contribution in [-0.2, 0) is 0 Å². The molecule has 0 aliphatic rings. The highest BCUT2D eigenvalue weighted by molar-refractivity contribution is 7.17. The minimum atomic E-state index is -0.147. The van der Waals surface area contributed by atoms with Crippen LogP contribution in [0, 0.1) is 0 Å². The Bertz CT molecular complexity index is 633. The maximum absolute atomic E-state index is 11.3. The van der Waals surface area contributed by atoms with E-state index in [0.717, 1.165) is 10.2 Å². The lowest BCUT2D eigenvalue weighted by atomic mass is 10.5. The number of rotatable bonds is 0. The fourth-order valence-corrected chi connectivity index (χ4v) is 2.26. The number of hydrogen-bond donors (Lipinski definition) is 1. The molecule has 0 unspecified atom stereocenters. The summed E-state index contributed by atoms with van der Waals surface area (Å²) in [5, 5.41) is 8.15. The van der Waals surface area contributed by atoms with Crippen LogP contribution in [0.15, 0.2) is 28.6 Å². The predicted molar refractivity (Wildman–Crippen MR) is 51.2 cm³/mol. The van der Waals surface area contributed by atoms with E-state index in [2.05, 4.69) is 10.2 Å². The van der Waals surface area contributed by atoms with Gasteiger partial charge in [0.1, 0.15) is 11.8 Å². The van der Waals surface area contributed by atoms with Crippen LogP contribution in [0.1, 0.15) is 0 Å². The molecule has 0 spiro atoms. The Kier molecular flexibility index (Phi) is 1.16. The van der Waals surface area contributed by atoms with Gasteiger partial charge in [-0.3, -0.25) is 9.20 Å². The average Bonchev–Trinajstić information content (AvgIpc) is 2.65. The van der Waals surface area contributed by atoms with Gasteiger partial charge in [-0.15, -0.1) is 11.3 Å². The van der Waals surface area contributed by atoms with Crippen LogP contribution >= 0.6 is 11.3 Å². The minimum Gasteiger partial charge on any atom is -0.293 e. The second-order valence-corrected chi connectivity index (χ2v) is 3.70. The molecule has 4 nitrogen and oxygen atoms in total. The monoisotopic (exact) mass is 191 g/mol. The van der Waals surface area contributed by atoms with Gasteiger partial charge in [0.05, 0.1) is 10.2 Å². The molecule has 3 rings (SSSR count). The van der Waals surface area contributed by atoms with Crippen LogP contribution in [-0.4, -0.2) is 14.6 Å². The maximum Gasteiger partial charge on any atom is 0.288 e. The lowest BCUT2D eigenvalue weighted by Crippen LogP contribution is -2.09. The molecule has 0 radical (unpaired) electrons. The summed E-state index contributed by atoms with van der Waals surface area (Å²) in [5.74, 6) is 0. The highest BCUT2D eigenvalue weighted by atomic mass is 32.1.